The number of piperazine rings is 1. The summed E-state index contributed by atoms with van der Waals surface area (Å²) in [6.45, 7) is 7.38. The molecule has 1 N–H and O–H groups in total. The van der Waals surface area contributed by atoms with Crippen LogP contribution in [0.4, 0.5) is 4.79 Å². The first-order valence-corrected chi connectivity index (χ1v) is 7.79. The molecule has 128 valence electrons. The Labute approximate surface area is 136 Å². The lowest BCUT2D eigenvalue weighted by Crippen LogP contribution is -2.53. The number of ether oxygens (including phenoxy) is 1. The molecule has 1 aromatic heterocycles. The SMILES string of the molecule is CCOC(=O)N1CCN(C(=NC)NCc2nnc(C)n2C)CC1. The van der Waals surface area contributed by atoms with Crippen LogP contribution >= 0.6 is 0 Å². The van der Waals surface area contributed by atoms with Gasteiger partial charge in [-0.05, 0) is 13.8 Å². The van der Waals surface area contributed by atoms with E-state index in [4.69, 9.17) is 4.74 Å². The van der Waals surface area contributed by atoms with E-state index in [0.29, 0.717) is 26.2 Å². The van der Waals surface area contributed by atoms with Gasteiger partial charge in [-0.25, -0.2) is 4.79 Å². The minimum absolute atomic E-state index is 0.246. The van der Waals surface area contributed by atoms with Crippen LogP contribution in [0.1, 0.15) is 18.6 Å². The predicted octanol–water partition coefficient (Wildman–Crippen LogP) is -0.0270. The molecule has 9 heteroatoms. The van der Waals surface area contributed by atoms with Gasteiger partial charge < -0.3 is 24.4 Å². The smallest absolute Gasteiger partial charge is 0.409 e. The Hall–Kier alpha value is -2.32. The number of guanidine groups is 1. The molecule has 0 saturated carbocycles. The lowest BCUT2D eigenvalue weighted by atomic mass is 10.3. The molecule has 1 aliphatic rings. The molecule has 2 rings (SSSR count). The Morgan fingerprint density at radius 3 is 2.43 bits per heavy atom. The van der Waals surface area contributed by atoms with E-state index in [0.717, 1.165) is 30.7 Å². The first-order chi connectivity index (χ1) is 11.1. The lowest BCUT2D eigenvalue weighted by Gasteiger charge is -2.35. The number of amides is 1. The van der Waals surface area contributed by atoms with Gasteiger partial charge in [0.1, 0.15) is 5.82 Å². The number of nitrogens with zero attached hydrogens (tertiary/aromatic N) is 6. The molecule has 2 heterocycles. The highest BCUT2D eigenvalue weighted by Gasteiger charge is 2.23. The highest BCUT2D eigenvalue weighted by Crippen LogP contribution is 2.05. The van der Waals surface area contributed by atoms with Gasteiger partial charge in [-0.2, -0.15) is 0 Å². The molecule has 0 aromatic carbocycles. The molecule has 1 amide bonds. The summed E-state index contributed by atoms with van der Waals surface area (Å²) in [7, 11) is 3.69. The minimum atomic E-state index is -0.246. The van der Waals surface area contributed by atoms with E-state index in [-0.39, 0.29) is 6.09 Å². The molecule has 9 nitrogen and oxygen atoms in total. The monoisotopic (exact) mass is 323 g/mol. The second-order valence-electron chi connectivity index (χ2n) is 5.30. The van der Waals surface area contributed by atoms with Crippen molar-refractivity contribution in [1.82, 2.24) is 29.9 Å². The fourth-order valence-electron chi connectivity index (χ4n) is 2.41. The maximum atomic E-state index is 11.7. The van der Waals surface area contributed by atoms with Crippen molar-refractivity contribution >= 4 is 12.1 Å². The maximum Gasteiger partial charge on any atom is 0.409 e. The zero-order valence-corrected chi connectivity index (χ0v) is 14.2. The van der Waals surface area contributed by atoms with Gasteiger partial charge in [-0.3, -0.25) is 4.99 Å². The number of hydrogen-bond acceptors (Lipinski definition) is 5. The quantitative estimate of drug-likeness (QED) is 0.621. The number of nitrogens with one attached hydrogen (secondary N) is 1. The topological polar surface area (TPSA) is 87.9 Å². The first kappa shape index (κ1) is 17.0. The van der Waals surface area contributed by atoms with Crippen LogP contribution in [0, 0.1) is 6.92 Å². The standard InChI is InChI=1S/C14H25N7O2/c1-5-23-14(22)21-8-6-20(7-9-21)13(15-3)16-10-12-18-17-11(2)19(12)4/h5-10H2,1-4H3,(H,15,16). The summed E-state index contributed by atoms with van der Waals surface area (Å²) in [5.41, 5.74) is 0. The number of carbonyl (C=O) groups excluding carboxylic acids is 1. The van der Waals surface area contributed by atoms with E-state index in [1.807, 2.05) is 25.5 Å². The molecule has 0 aliphatic carbocycles. The zero-order chi connectivity index (χ0) is 16.8. The fraction of sp³-hybridized carbons (Fsp3) is 0.714. The minimum Gasteiger partial charge on any atom is -0.450 e. The van der Waals surface area contributed by atoms with E-state index in [1.165, 1.54) is 0 Å². The third-order valence-electron chi connectivity index (χ3n) is 3.90. The Morgan fingerprint density at radius 2 is 1.91 bits per heavy atom. The van der Waals surface area contributed by atoms with E-state index >= 15 is 0 Å². The average molecular weight is 323 g/mol. The Bertz CT molecular complexity index is 561. The van der Waals surface area contributed by atoms with Crippen LogP contribution in [-0.2, 0) is 18.3 Å². The molecule has 1 fully saturated rings. The van der Waals surface area contributed by atoms with Crippen molar-refractivity contribution < 1.29 is 9.53 Å². The molecular formula is C14H25N7O2. The molecule has 1 saturated heterocycles. The van der Waals surface area contributed by atoms with Crippen molar-refractivity contribution in [3.63, 3.8) is 0 Å². The van der Waals surface area contributed by atoms with Gasteiger partial charge in [-0.1, -0.05) is 0 Å². The second-order valence-corrected chi connectivity index (χ2v) is 5.30. The molecule has 0 unspecified atom stereocenters. The van der Waals surface area contributed by atoms with Gasteiger partial charge in [-0.15, -0.1) is 10.2 Å². The molecule has 0 atom stereocenters. The molecule has 23 heavy (non-hydrogen) atoms. The Balaban J connectivity index is 1.86. The third-order valence-corrected chi connectivity index (χ3v) is 3.90. The highest BCUT2D eigenvalue weighted by atomic mass is 16.6. The summed E-state index contributed by atoms with van der Waals surface area (Å²) in [5.74, 6) is 2.53. The Kier molecular flexibility index (Phi) is 5.78. The van der Waals surface area contributed by atoms with E-state index in [1.54, 1.807) is 11.9 Å². The fourth-order valence-corrected chi connectivity index (χ4v) is 2.41. The molecular weight excluding hydrogens is 298 g/mol. The van der Waals surface area contributed by atoms with Crippen molar-refractivity contribution in [2.24, 2.45) is 12.0 Å². The molecule has 1 aromatic rings. The maximum absolute atomic E-state index is 11.7. The van der Waals surface area contributed by atoms with Gasteiger partial charge in [0.25, 0.3) is 0 Å². The highest BCUT2D eigenvalue weighted by molar-refractivity contribution is 5.80. The number of aliphatic imine (C=N–C) groups is 1. The summed E-state index contributed by atoms with van der Waals surface area (Å²) in [6.07, 6.45) is -0.246. The van der Waals surface area contributed by atoms with Gasteiger partial charge in [0.15, 0.2) is 11.8 Å². The van der Waals surface area contributed by atoms with E-state index in [9.17, 15) is 4.79 Å². The summed E-state index contributed by atoms with van der Waals surface area (Å²) < 4.78 is 6.97. The lowest BCUT2D eigenvalue weighted by molar-refractivity contribution is 0.0914. The summed E-state index contributed by atoms with van der Waals surface area (Å²) in [6, 6.07) is 0. The number of rotatable bonds is 3. The van der Waals surface area contributed by atoms with Gasteiger partial charge in [0, 0.05) is 40.3 Å². The van der Waals surface area contributed by atoms with E-state index in [2.05, 4.69) is 25.4 Å². The van der Waals surface area contributed by atoms with Crippen molar-refractivity contribution in [3.05, 3.63) is 11.6 Å². The summed E-state index contributed by atoms with van der Waals surface area (Å²) in [4.78, 5) is 19.9. The predicted molar refractivity (Wildman–Crippen MR) is 86.1 cm³/mol. The summed E-state index contributed by atoms with van der Waals surface area (Å²) >= 11 is 0. The number of carbonyl (C=O) groups is 1. The van der Waals surface area contributed by atoms with Crippen LogP contribution < -0.4 is 5.32 Å². The molecule has 0 bridgehead atoms. The van der Waals surface area contributed by atoms with Crippen LogP contribution in [-0.4, -0.2) is 76.5 Å². The number of hydrogen-bond donors (Lipinski definition) is 1. The Morgan fingerprint density at radius 1 is 1.26 bits per heavy atom. The summed E-state index contributed by atoms with van der Waals surface area (Å²) in [5, 5.41) is 11.5. The first-order valence-electron chi connectivity index (χ1n) is 7.79. The van der Waals surface area contributed by atoms with Crippen LogP contribution in [0.2, 0.25) is 0 Å². The zero-order valence-electron chi connectivity index (χ0n) is 14.2. The van der Waals surface area contributed by atoms with Crippen LogP contribution in [0.5, 0.6) is 0 Å². The normalized spacial score (nSPS) is 15.7. The van der Waals surface area contributed by atoms with Crippen LogP contribution in [0.25, 0.3) is 0 Å². The van der Waals surface area contributed by atoms with Crippen LogP contribution in [0.15, 0.2) is 4.99 Å². The molecule has 0 radical (unpaired) electrons. The second kappa shape index (κ2) is 7.80. The largest absolute Gasteiger partial charge is 0.450 e. The number of aromatic nitrogens is 3. The van der Waals surface area contributed by atoms with Gasteiger partial charge in [0.05, 0.1) is 13.2 Å². The molecule has 0 spiro atoms. The van der Waals surface area contributed by atoms with Gasteiger partial charge in [0.2, 0.25) is 0 Å². The van der Waals surface area contributed by atoms with E-state index < -0.39 is 0 Å². The van der Waals surface area contributed by atoms with Gasteiger partial charge >= 0.3 is 6.09 Å². The van der Waals surface area contributed by atoms with Crippen LogP contribution in [0.3, 0.4) is 0 Å². The van der Waals surface area contributed by atoms with Crippen molar-refractivity contribution in [2.75, 3.05) is 39.8 Å². The number of aryl methyl sites for hydroxylation is 1. The van der Waals surface area contributed by atoms with Crippen molar-refractivity contribution in [3.8, 4) is 0 Å². The molecule has 1 aliphatic heterocycles. The third kappa shape index (κ3) is 4.11. The van der Waals surface area contributed by atoms with Crippen molar-refractivity contribution in [2.45, 2.75) is 20.4 Å². The average Bonchev–Trinajstić information content (AvgIpc) is 2.88. The van der Waals surface area contributed by atoms with Crippen molar-refractivity contribution in [1.29, 1.82) is 0 Å².